The summed E-state index contributed by atoms with van der Waals surface area (Å²) in [5.41, 5.74) is 2.02. The van der Waals surface area contributed by atoms with Crippen LogP contribution in [0, 0.1) is 13.8 Å². The largest absolute Gasteiger partial charge is 0.379 e. The predicted molar refractivity (Wildman–Crippen MR) is 93.2 cm³/mol. The molecule has 1 atom stereocenters. The lowest BCUT2D eigenvalue weighted by Gasteiger charge is -2.32. The van der Waals surface area contributed by atoms with E-state index >= 15 is 0 Å². The monoisotopic (exact) mass is 335 g/mol. The molecule has 1 aromatic rings. The van der Waals surface area contributed by atoms with Crippen LogP contribution in [0.25, 0.3) is 0 Å². The molecule has 1 N–H and O–H groups in total. The highest BCUT2D eigenvalue weighted by Gasteiger charge is 2.30. The van der Waals surface area contributed by atoms with E-state index in [1.165, 1.54) is 6.42 Å². The summed E-state index contributed by atoms with van der Waals surface area (Å²) < 4.78 is 10.7. The van der Waals surface area contributed by atoms with Crippen molar-refractivity contribution in [2.75, 3.05) is 45.9 Å². The molecule has 7 nitrogen and oxygen atoms in total. The van der Waals surface area contributed by atoms with Gasteiger partial charge in [0.25, 0.3) is 0 Å². The molecule has 1 aromatic heterocycles. The molecule has 3 rings (SSSR count). The molecule has 0 saturated carbocycles. The van der Waals surface area contributed by atoms with Gasteiger partial charge in [0, 0.05) is 44.3 Å². The Labute approximate surface area is 144 Å². The van der Waals surface area contributed by atoms with Gasteiger partial charge in [0.2, 0.25) is 0 Å². The molecule has 0 radical (unpaired) electrons. The Hall–Kier alpha value is -1.60. The fraction of sp³-hybridized carbons (Fsp3) is 0.765. The topological polar surface area (TPSA) is 66.1 Å². The van der Waals surface area contributed by atoms with Gasteiger partial charge >= 0.3 is 0 Å². The molecular formula is C17H29N5O2. The minimum atomic E-state index is 0.608. The van der Waals surface area contributed by atoms with E-state index in [-0.39, 0.29) is 0 Å². The number of hydrogen-bond donors (Lipinski definition) is 1. The van der Waals surface area contributed by atoms with Crippen LogP contribution in [0.3, 0.4) is 0 Å². The van der Waals surface area contributed by atoms with E-state index in [2.05, 4.69) is 27.2 Å². The fourth-order valence-electron chi connectivity index (χ4n) is 3.48. The highest BCUT2D eigenvalue weighted by atomic mass is 16.5. The van der Waals surface area contributed by atoms with Crippen molar-refractivity contribution < 1.29 is 9.26 Å². The van der Waals surface area contributed by atoms with Crippen molar-refractivity contribution in [2.45, 2.75) is 39.8 Å². The summed E-state index contributed by atoms with van der Waals surface area (Å²) in [4.78, 5) is 9.76. The van der Waals surface area contributed by atoms with Crippen LogP contribution in [0.5, 0.6) is 0 Å². The minimum Gasteiger partial charge on any atom is -0.379 e. The van der Waals surface area contributed by atoms with E-state index in [0.717, 1.165) is 68.9 Å². The molecule has 0 aromatic carbocycles. The molecular weight excluding hydrogens is 306 g/mol. The maximum absolute atomic E-state index is 5.47. The molecule has 2 fully saturated rings. The van der Waals surface area contributed by atoms with Gasteiger partial charge in [-0.25, -0.2) is 4.99 Å². The van der Waals surface area contributed by atoms with E-state index in [9.17, 15) is 0 Å². The molecule has 0 bridgehead atoms. The lowest BCUT2D eigenvalue weighted by Crippen LogP contribution is -2.46. The van der Waals surface area contributed by atoms with Gasteiger partial charge in [0.15, 0.2) is 5.96 Å². The SMILES string of the molecule is CCNC(=NCc1c(C)noc1C)N1CCC(N2CCOCC2)C1. The van der Waals surface area contributed by atoms with E-state index in [4.69, 9.17) is 14.3 Å². The van der Waals surface area contributed by atoms with Crippen molar-refractivity contribution in [3.63, 3.8) is 0 Å². The molecule has 2 aliphatic rings. The maximum Gasteiger partial charge on any atom is 0.194 e. The van der Waals surface area contributed by atoms with Crippen molar-refractivity contribution >= 4 is 5.96 Å². The number of rotatable bonds is 4. The van der Waals surface area contributed by atoms with Gasteiger partial charge in [-0.05, 0) is 27.2 Å². The van der Waals surface area contributed by atoms with Gasteiger partial charge < -0.3 is 19.5 Å². The molecule has 7 heteroatoms. The second kappa shape index (κ2) is 7.98. The van der Waals surface area contributed by atoms with E-state index in [1.807, 2.05) is 13.8 Å². The van der Waals surface area contributed by atoms with Gasteiger partial charge in [-0.15, -0.1) is 0 Å². The van der Waals surface area contributed by atoms with Crippen molar-refractivity contribution in [3.8, 4) is 0 Å². The molecule has 0 aliphatic carbocycles. The number of ether oxygens (including phenoxy) is 1. The Morgan fingerprint density at radius 1 is 1.29 bits per heavy atom. The molecule has 0 spiro atoms. The predicted octanol–water partition coefficient (Wildman–Crippen LogP) is 1.16. The summed E-state index contributed by atoms with van der Waals surface area (Å²) in [7, 11) is 0. The first-order chi connectivity index (χ1) is 11.7. The number of aromatic nitrogens is 1. The highest BCUT2D eigenvalue weighted by Crippen LogP contribution is 2.18. The number of aryl methyl sites for hydroxylation is 2. The summed E-state index contributed by atoms with van der Waals surface area (Å²) in [6.07, 6.45) is 1.19. The first kappa shape index (κ1) is 17.2. The van der Waals surface area contributed by atoms with Crippen LogP contribution in [-0.2, 0) is 11.3 Å². The number of likely N-dealkylation sites (tertiary alicyclic amines) is 1. The summed E-state index contributed by atoms with van der Waals surface area (Å²) in [5, 5.41) is 7.45. The highest BCUT2D eigenvalue weighted by molar-refractivity contribution is 5.80. The standard InChI is InChI=1S/C17H29N5O2/c1-4-18-17(19-11-16-13(2)20-24-14(16)3)22-6-5-15(12-22)21-7-9-23-10-8-21/h15H,4-12H2,1-3H3,(H,18,19). The van der Waals surface area contributed by atoms with Crippen LogP contribution in [0.15, 0.2) is 9.52 Å². The summed E-state index contributed by atoms with van der Waals surface area (Å²) >= 11 is 0. The fourth-order valence-corrected chi connectivity index (χ4v) is 3.48. The number of morpholine rings is 1. The van der Waals surface area contributed by atoms with Gasteiger partial charge in [0.1, 0.15) is 5.76 Å². The third-order valence-electron chi connectivity index (χ3n) is 4.93. The van der Waals surface area contributed by atoms with Crippen LogP contribution in [0.1, 0.15) is 30.4 Å². The van der Waals surface area contributed by atoms with Gasteiger partial charge in [-0.1, -0.05) is 5.16 Å². The van der Waals surface area contributed by atoms with Gasteiger partial charge in [-0.3, -0.25) is 4.90 Å². The third kappa shape index (κ3) is 3.89. The zero-order chi connectivity index (χ0) is 16.9. The van der Waals surface area contributed by atoms with E-state index in [1.54, 1.807) is 0 Å². The zero-order valence-corrected chi connectivity index (χ0v) is 15.0. The molecule has 1 unspecified atom stereocenters. The maximum atomic E-state index is 5.47. The number of aliphatic imine (C=N–C) groups is 1. The second-order valence-electron chi connectivity index (χ2n) is 6.51. The molecule has 24 heavy (non-hydrogen) atoms. The second-order valence-corrected chi connectivity index (χ2v) is 6.51. The van der Waals surface area contributed by atoms with Gasteiger partial charge in [-0.2, -0.15) is 0 Å². The Morgan fingerprint density at radius 3 is 2.75 bits per heavy atom. The summed E-state index contributed by atoms with van der Waals surface area (Å²) in [5.74, 6) is 1.85. The quantitative estimate of drug-likeness (QED) is 0.658. The molecule has 2 aliphatic heterocycles. The lowest BCUT2D eigenvalue weighted by molar-refractivity contribution is 0.0195. The molecule has 0 amide bonds. The number of nitrogens with one attached hydrogen (secondary N) is 1. The Kier molecular flexibility index (Phi) is 5.73. The zero-order valence-electron chi connectivity index (χ0n) is 15.0. The lowest BCUT2D eigenvalue weighted by atomic mass is 10.2. The summed E-state index contributed by atoms with van der Waals surface area (Å²) in [6, 6.07) is 0.608. The Morgan fingerprint density at radius 2 is 2.08 bits per heavy atom. The first-order valence-corrected chi connectivity index (χ1v) is 8.95. The summed E-state index contributed by atoms with van der Waals surface area (Å²) in [6.45, 7) is 13.4. The Balaban J connectivity index is 1.64. The third-order valence-corrected chi connectivity index (χ3v) is 4.93. The average molecular weight is 335 g/mol. The van der Waals surface area contributed by atoms with Crippen LogP contribution < -0.4 is 5.32 Å². The van der Waals surface area contributed by atoms with Crippen molar-refractivity contribution in [2.24, 2.45) is 4.99 Å². The van der Waals surface area contributed by atoms with Crippen LogP contribution in [-0.4, -0.2) is 72.9 Å². The molecule has 134 valence electrons. The van der Waals surface area contributed by atoms with Crippen LogP contribution in [0.2, 0.25) is 0 Å². The Bertz CT molecular complexity index is 546. The smallest absolute Gasteiger partial charge is 0.194 e. The normalized spacial score (nSPS) is 23.0. The number of nitrogens with zero attached hydrogens (tertiary/aromatic N) is 4. The number of guanidine groups is 1. The van der Waals surface area contributed by atoms with Crippen molar-refractivity contribution in [1.29, 1.82) is 0 Å². The van der Waals surface area contributed by atoms with Crippen molar-refractivity contribution in [1.82, 2.24) is 20.3 Å². The van der Waals surface area contributed by atoms with Crippen LogP contribution in [0.4, 0.5) is 0 Å². The minimum absolute atomic E-state index is 0.608. The number of hydrogen-bond acceptors (Lipinski definition) is 5. The van der Waals surface area contributed by atoms with E-state index in [0.29, 0.717) is 12.6 Å². The van der Waals surface area contributed by atoms with E-state index < -0.39 is 0 Å². The first-order valence-electron chi connectivity index (χ1n) is 8.95. The molecule has 2 saturated heterocycles. The van der Waals surface area contributed by atoms with Gasteiger partial charge in [0.05, 0.1) is 25.5 Å². The molecule has 3 heterocycles. The average Bonchev–Trinajstić information content (AvgIpc) is 3.21. The van der Waals surface area contributed by atoms with Crippen molar-refractivity contribution in [3.05, 3.63) is 17.0 Å². The van der Waals surface area contributed by atoms with Crippen LogP contribution >= 0.6 is 0 Å².